The summed E-state index contributed by atoms with van der Waals surface area (Å²) < 4.78 is 30.7. The third-order valence-electron chi connectivity index (χ3n) is 2.92. The van der Waals surface area contributed by atoms with Gasteiger partial charge in [0.25, 0.3) is 0 Å². The average Bonchev–Trinajstić information content (AvgIpc) is 2.48. The molecule has 2 aromatic rings. The Morgan fingerprint density at radius 2 is 1.95 bits per heavy atom. The van der Waals surface area contributed by atoms with E-state index in [2.05, 4.69) is 10.1 Å². The van der Waals surface area contributed by atoms with Crippen molar-refractivity contribution in [2.24, 2.45) is 0 Å². The fraction of sp³-hybridized carbons (Fsp3) is 0.133. The highest BCUT2D eigenvalue weighted by molar-refractivity contribution is 5.96. The Morgan fingerprint density at radius 1 is 1.19 bits per heavy atom. The van der Waals surface area contributed by atoms with Crippen LogP contribution in [-0.2, 0) is 11.3 Å². The topological polar surface area (TPSA) is 64.3 Å². The summed E-state index contributed by atoms with van der Waals surface area (Å²) in [6.07, 6.45) is 0. The van der Waals surface area contributed by atoms with Crippen LogP contribution in [0.2, 0.25) is 0 Å². The molecule has 21 heavy (non-hydrogen) atoms. The molecule has 3 N–H and O–H groups in total. The number of esters is 1. The number of hydrogen-bond acceptors (Lipinski definition) is 4. The van der Waals surface area contributed by atoms with Crippen molar-refractivity contribution in [1.29, 1.82) is 0 Å². The van der Waals surface area contributed by atoms with E-state index in [1.54, 1.807) is 12.1 Å². The maximum Gasteiger partial charge on any atom is 0.340 e. The van der Waals surface area contributed by atoms with E-state index in [-0.39, 0.29) is 12.1 Å². The van der Waals surface area contributed by atoms with Crippen molar-refractivity contribution < 1.29 is 18.3 Å². The maximum atomic E-state index is 13.1. The van der Waals surface area contributed by atoms with Crippen molar-refractivity contribution in [3.63, 3.8) is 0 Å². The summed E-state index contributed by atoms with van der Waals surface area (Å²) in [6, 6.07) is 8.34. The van der Waals surface area contributed by atoms with Crippen molar-refractivity contribution in [3.05, 3.63) is 59.2 Å². The lowest BCUT2D eigenvalue weighted by Gasteiger charge is -2.11. The fourth-order valence-electron chi connectivity index (χ4n) is 1.84. The largest absolute Gasteiger partial charge is 0.465 e. The van der Waals surface area contributed by atoms with Crippen molar-refractivity contribution in [1.82, 2.24) is 0 Å². The summed E-state index contributed by atoms with van der Waals surface area (Å²) in [5, 5.41) is 2.97. The third kappa shape index (κ3) is 3.47. The zero-order valence-electron chi connectivity index (χ0n) is 11.3. The molecule has 0 aliphatic heterocycles. The molecule has 0 bridgehead atoms. The van der Waals surface area contributed by atoms with Gasteiger partial charge in [0.2, 0.25) is 0 Å². The Labute approximate surface area is 120 Å². The highest BCUT2D eigenvalue weighted by Crippen LogP contribution is 2.21. The van der Waals surface area contributed by atoms with Crippen molar-refractivity contribution in [2.45, 2.75) is 6.54 Å². The highest BCUT2D eigenvalue weighted by Gasteiger charge is 2.12. The predicted molar refractivity (Wildman–Crippen MR) is 75.9 cm³/mol. The second-order valence-electron chi connectivity index (χ2n) is 4.40. The Morgan fingerprint density at radius 3 is 2.62 bits per heavy atom. The molecule has 0 heterocycles. The molecule has 0 saturated heterocycles. The number of benzene rings is 2. The number of carbonyl (C=O) groups is 1. The molecule has 2 aromatic carbocycles. The molecule has 0 radical (unpaired) electrons. The fourth-order valence-corrected chi connectivity index (χ4v) is 1.84. The van der Waals surface area contributed by atoms with Gasteiger partial charge in [-0.25, -0.2) is 13.6 Å². The summed E-state index contributed by atoms with van der Waals surface area (Å²) in [7, 11) is 1.27. The van der Waals surface area contributed by atoms with Crippen LogP contribution in [0.3, 0.4) is 0 Å². The van der Waals surface area contributed by atoms with Gasteiger partial charge in [-0.05, 0) is 35.9 Å². The van der Waals surface area contributed by atoms with Gasteiger partial charge in [-0.2, -0.15) is 0 Å². The summed E-state index contributed by atoms with van der Waals surface area (Å²) in [6.45, 7) is 0.227. The van der Waals surface area contributed by atoms with Crippen molar-refractivity contribution in [3.8, 4) is 0 Å². The van der Waals surface area contributed by atoms with E-state index in [0.29, 0.717) is 16.9 Å². The highest BCUT2D eigenvalue weighted by atomic mass is 19.2. The zero-order chi connectivity index (χ0) is 15.4. The number of nitrogens with two attached hydrogens (primary N) is 1. The normalized spacial score (nSPS) is 10.2. The number of nitrogens with one attached hydrogen (secondary N) is 1. The molecule has 0 saturated carbocycles. The van der Waals surface area contributed by atoms with Gasteiger partial charge in [-0.1, -0.05) is 6.07 Å². The predicted octanol–water partition coefficient (Wildman–Crippen LogP) is 2.95. The Hall–Kier alpha value is -2.63. The van der Waals surface area contributed by atoms with E-state index < -0.39 is 17.6 Å². The number of halogens is 2. The average molecular weight is 292 g/mol. The van der Waals surface area contributed by atoms with Crippen molar-refractivity contribution in [2.75, 3.05) is 18.2 Å². The standard InChI is InChI=1S/C15H14F2N2O2/c1-21-15(20)11-7-10(18)3-5-14(11)19-8-9-2-4-12(16)13(17)6-9/h2-7,19H,8,18H2,1H3. The molecular weight excluding hydrogens is 278 g/mol. The van der Waals surface area contributed by atoms with Crippen LogP contribution in [0.1, 0.15) is 15.9 Å². The van der Waals surface area contributed by atoms with E-state index in [1.165, 1.54) is 19.2 Å². The van der Waals surface area contributed by atoms with Crippen LogP contribution in [0.4, 0.5) is 20.2 Å². The molecule has 4 nitrogen and oxygen atoms in total. The van der Waals surface area contributed by atoms with Crippen LogP contribution in [0.5, 0.6) is 0 Å². The van der Waals surface area contributed by atoms with Crippen LogP contribution in [0.25, 0.3) is 0 Å². The van der Waals surface area contributed by atoms with Gasteiger partial charge in [0.15, 0.2) is 11.6 Å². The van der Waals surface area contributed by atoms with Crippen molar-refractivity contribution >= 4 is 17.3 Å². The zero-order valence-corrected chi connectivity index (χ0v) is 11.3. The SMILES string of the molecule is COC(=O)c1cc(N)ccc1NCc1ccc(F)c(F)c1. The minimum absolute atomic E-state index is 0.227. The molecular formula is C15H14F2N2O2. The molecule has 0 amide bonds. The second kappa shape index (κ2) is 6.21. The van der Waals surface area contributed by atoms with E-state index in [4.69, 9.17) is 5.73 Å². The number of carbonyl (C=O) groups excluding carboxylic acids is 1. The first-order valence-corrected chi connectivity index (χ1v) is 6.17. The molecule has 0 atom stereocenters. The first kappa shape index (κ1) is 14.8. The number of anilines is 2. The van der Waals surface area contributed by atoms with E-state index in [1.807, 2.05) is 0 Å². The van der Waals surface area contributed by atoms with Crippen LogP contribution in [-0.4, -0.2) is 13.1 Å². The number of nitrogen functional groups attached to an aromatic ring is 1. The second-order valence-corrected chi connectivity index (χ2v) is 4.40. The molecule has 0 aliphatic rings. The van der Waals surface area contributed by atoms with E-state index in [9.17, 15) is 13.6 Å². The first-order chi connectivity index (χ1) is 10.0. The third-order valence-corrected chi connectivity index (χ3v) is 2.92. The number of hydrogen-bond donors (Lipinski definition) is 2. The summed E-state index contributed by atoms with van der Waals surface area (Å²) in [4.78, 5) is 11.7. The molecule has 110 valence electrons. The molecule has 0 aliphatic carbocycles. The van der Waals surface area contributed by atoms with E-state index in [0.717, 1.165) is 12.1 Å². The lowest BCUT2D eigenvalue weighted by molar-refractivity contribution is 0.0602. The van der Waals surface area contributed by atoms with Gasteiger partial charge in [-0.3, -0.25) is 0 Å². The number of methoxy groups -OCH3 is 1. The van der Waals surface area contributed by atoms with Crippen LogP contribution in [0, 0.1) is 11.6 Å². The van der Waals surface area contributed by atoms with Crippen LogP contribution >= 0.6 is 0 Å². The van der Waals surface area contributed by atoms with Gasteiger partial charge in [0.05, 0.1) is 12.7 Å². The minimum Gasteiger partial charge on any atom is -0.465 e. The Balaban J connectivity index is 2.19. The molecule has 0 spiro atoms. The first-order valence-electron chi connectivity index (χ1n) is 6.17. The van der Waals surface area contributed by atoms with Gasteiger partial charge in [0.1, 0.15) is 0 Å². The molecule has 0 unspecified atom stereocenters. The van der Waals surface area contributed by atoms with Gasteiger partial charge < -0.3 is 15.8 Å². The van der Waals surface area contributed by atoms with Gasteiger partial charge in [0, 0.05) is 17.9 Å². The van der Waals surface area contributed by atoms with E-state index >= 15 is 0 Å². The summed E-state index contributed by atoms with van der Waals surface area (Å²) in [5.74, 6) is -2.35. The minimum atomic E-state index is -0.917. The van der Waals surface area contributed by atoms with Gasteiger partial charge >= 0.3 is 5.97 Å². The smallest absolute Gasteiger partial charge is 0.340 e. The molecule has 2 rings (SSSR count). The quantitative estimate of drug-likeness (QED) is 0.671. The maximum absolute atomic E-state index is 13.1. The lowest BCUT2D eigenvalue weighted by Crippen LogP contribution is -2.09. The monoisotopic (exact) mass is 292 g/mol. The summed E-state index contributed by atoms with van der Waals surface area (Å²) >= 11 is 0. The molecule has 6 heteroatoms. The van der Waals surface area contributed by atoms with Crippen LogP contribution < -0.4 is 11.1 Å². The lowest BCUT2D eigenvalue weighted by atomic mass is 10.1. The van der Waals surface area contributed by atoms with Gasteiger partial charge in [-0.15, -0.1) is 0 Å². The number of ether oxygens (including phenoxy) is 1. The number of rotatable bonds is 4. The Kier molecular flexibility index (Phi) is 4.37. The summed E-state index contributed by atoms with van der Waals surface area (Å²) in [5.41, 5.74) is 7.38. The Bertz CT molecular complexity index is 675. The molecule has 0 fully saturated rings. The molecule has 0 aromatic heterocycles. The van der Waals surface area contributed by atoms with Crippen LogP contribution in [0.15, 0.2) is 36.4 Å².